The van der Waals surface area contributed by atoms with E-state index in [-0.39, 0.29) is 11.7 Å². The smallest absolute Gasteiger partial charge is 0.287 e. The molecule has 0 radical (unpaired) electrons. The molecule has 4 N–H and O–H groups in total. The van der Waals surface area contributed by atoms with Crippen molar-refractivity contribution in [1.29, 1.82) is 0 Å². The molecular weight excluding hydrogens is 244 g/mol. The van der Waals surface area contributed by atoms with E-state index in [1.54, 1.807) is 36.5 Å². The minimum Gasteiger partial charge on any atom is -0.451 e. The van der Waals surface area contributed by atoms with Crippen molar-refractivity contribution in [2.24, 2.45) is 0 Å². The van der Waals surface area contributed by atoms with Crippen LogP contribution < -0.4 is 11.1 Å². The monoisotopic (exact) mass is 256 g/mol. The molecule has 0 bridgehead atoms. The Morgan fingerprint density at radius 2 is 2.26 bits per heavy atom. The number of furan rings is 1. The van der Waals surface area contributed by atoms with Gasteiger partial charge in [-0.1, -0.05) is 0 Å². The summed E-state index contributed by atoms with van der Waals surface area (Å²) in [6.45, 7) is 0.373. The van der Waals surface area contributed by atoms with E-state index in [0.717, 1.165) is 11.1 Å². The van der Waals surface area contributed by atoms with E-state index in [2.05, 4.69) is 15.5 Å². The number of carbonyl (C=O) groups is 1. The normalized spacial score (nSPS) is 10.7. The highest BCUT2D eigenvalue weighted by atomic mass is 16.3. The molecule has 0 saturated carbocycles. The molecule has 0 saturated heterocycles. The lowest BCUT2D eigenvalue weighted by molar-refractivity contribution is 0.0925. The first-order valence-corrected chi connectivity index (χ1v) is 5.78. The van der Waals surface area contributed by atoms with Crippen LogP contribution in [0.25, 0.3) is 11.0 Å². The number of hydrogen-bond donors (Lipinski definition) is 3. The highest BCUT2D eigenvalue weighted by Crippen LogP contribution is 2.21. The summed E-state index contributed by atoms with van der Waals surface area (Å²) in [7, 11) is 0. The number of aromatic amines is 1. The third-order valence-corrected chi connectivity index (χ3v) is 2.76. The van der Waals surface area contributed by atoms with E-state index in [1.807, 2.05) is 0 Å². The zero-order valence-electron chi connectivity index (χ0n) is 10.0. The van der Waals surface area contributed by atoms with E-state index in [9.17, 15) is 4.79 Å². The Balaban J connectivity index is 1.77. The number of carbonyl (C=O) groups excluding carboxylic acids is 1. The molecule has 0 aliphatic heterocycles. The molecule has 2 heterocycles. The maximum atomic E-state index is 11.9. The van der Waals surface area contributed by atoms with Gasteiger partial charge in [-0.05, 0) is 30.3 Å². The van der Waals surface area contributed by atoms with Gasteiger partial charge in [-0.15, -0.1) is 0 Å². The molecule has 1 amide bonds. The van der Waals surface area contributed by atoms with Crippen molar-refractivity contribution in [3.63, 3.8) is 0 Å². The van der Waals surface area contributed by atoms with Crippen molar-refractivity contribution in [3.8, 4) is 0 Å². The number of amides is 1. The van der Waals surface area contributed by atoms with Gasteiger partial charge in [0, 0.05) is 17.3 Å². The molecule has 3 aromatic rings. The van der Waals surface area contributed by atoms with E-state index >= 15 is 0 Å². The Kier molecular flexibility index (Phi) is 2.68. The second-order valence-electron chi connectivity index (χ2n) is 4.17. The summed E-state index contributed by atoms with van der Waals surface area (Å²) in [5.74, 6) is -0.00973. The Bertz CT molecular complexity index is 715. The van der Waals surface area contributed by atoms with Crippen LogP contribution in [0.4, 0.5) is 5.69 Å². The quantitative estimate of drug-likeness (QED) is 0.621. The van der Waals surface area contributed by atoms with Gasteiger partial charge >= 0.3 is 0 Å². The Labute approximate surface area is 108 Å². The lowest BCUT2D eigenvalue weighted by Gasteiger charge is -1.99. The predicted molar refractivity (Wildman–Crippen MR) is 70.4 cm³/mol. The van der Waals surface area contributed by atoms with Gasteiger partial charge in [0.05, 0.1) is 12.2 Å². The molecule has 0 aliphatic rings. The number of nitrogens with one attached hydrogen (secondary N) is 2. The van der Waals surface area contributed by atoms with Crippen molar-refractivity contribution in [2.45, 2.75) is 6.54 Å². The molecule has 3 rings (SSSR count). The summed E-state index contributed by atoms with van der Waals surface area (Å²) >= 11 is 0. The average Bonchev–Trinajstić information content (AvgIpc) is 3.04. The first-order chi connectivity index (χ1) is 9.22. The number of benzene rings is 1. The zero-order valence-corrected chi connectivity index (χ0v) is 10.0. The van der Waals surface area contributed by atoms with Crippen LogP contribution in [0.1, 0.15) is 16.2 Å². The van der Waals surface area contributed by atoms with Gasteiger partial charge in [0.15, 0.2) is 5.76 Å². The summed E-state index contributed by atoms with van der Waals surface area (Å²) in [5.41, 5.74) is 7.78. The van der Waals surface area contributed by atoms with Crippen LogP contribution in [0.15, 0.2) is 40.9 Å². The molecule has 96 valence electrons. The zero-order chi connectivity index (χ0) is 13.2. The fourth-order valence-corrected chi connectivity index (χ4v) is 1.82. The lowest BCUT2D eigenvalue weighted by atomic mass is 10.2. The van der Waals surface area contributed by atoms with Gasteiger partial charge in [0.25, 0.3) is 5.91 Å². The average molecular weight is 256 g/mol. The van der Waals surface area contributed by atoms with Crippen LogP contribution >= 0.6 is 0 Å². The molecule has 0 unspecified atom stereocenters. The Morgan fingerprint density at radius 3 is 3.05 bits per heavy atom. The highest BCUT2D eigenvalue weighted by Gasteiger charge is 2.12. The number of nitrogen functional groups attached to an aromatic ring is 1. The molecule has 0 atom stereocenters. The largest absolute Gasteiger partial charge is 0.451 e. The molecule has 19 heavy (non-hydrogen) atoms. The summed E-state index contributed by atoms with van der Waals surface area (Å²) in [6, 6.07) is 8.71. The number of anilines is 1. The van der Waals surface area contributed by atoms with Crippen molar-refractivity contribution in [2.75, 3.05) is 5.73 Å². The summed E-state index contributed by atoms with van der Waals surface area (Å²) < 4.78 is 5.46. The first-order valence-electron chi connectivity index (χ1n) is 5.78. The third kappa shape index (κ3) is 2.28. The van der Waals surface area contributed by atoms with Crippen LogP contribution in [-0.4, -0.2) is 16.1 Å². The van der Waals surface area contributed by atoms with Crippen LogP contribution in [0.5, 0.6) is 0 Å². The number of aromatic nitrogens is 2. The van der Waals surface area contributed by atoms with E-state index in [0.29, 0.717) is 17.8 Å². The topological polar surface area (TPSA) is 96.9 Å². The van der Waals surface area contributed by atoms with Gasteiger partial charge in [-0.3, -0.25) is 9.89 Å². The molecular formula is C13H12N4O2. The minimum atomic E-state index is -0.274. The second kappa shape index (κ2) is 4.49. The van der Waals surface area contributed by atoms with E-state index in [1.165, 1.54) is 0 Å². The van der Waals surface area contributed by atoms with Gasteiger partial charge in [0.1, 0.15) is 5.58 Å². The summed E-state index contributed by atoms with van der Waals surface area (Å²) in [5, 5.41) is 10.1. The van der Waals surface area contributed by atoms with E-state index in [4.69, 9.17) is 10.2 Å². The highest BCUT2D eigenvalue weighted by molar-refractivity contribution is 5.96. The number of nitrogens with two attached hydrogens (primary N) is 1. The number of nitrogens with zero attached hydrogens (tertiary/aromatic N) is 1. The number of hydrogen-bond acceptors (Lipinski definition) is 4. The molecule has 6 heteroatoms. The lowest BCUT2D eigenvalue weighted by Crippen LogP contribution is -2.22. The first kappa shape index (κ1) is 11.3. The van der Waals surface area contributed by atoms with Gasteiger partial charge in [-0.2, -0.15) is 5.10 Å². The van der Waals surface area contributed by atoms with Crippen molar-refractivity contribution >= 4 is 22.6 Å². The second-order valence-corrected chi connectivity index (χ2v) is 4.17. The third-order valence-electron chi connectivity index (χ3n) is 2.76. The van der Waals surface area contributed by atoms with Crippen LogP contribution in [0.3, 0.4) is 0 Å². The van der Waals surface area contributed by atoms with Crippen molar-refractivity contribution in [3.05, 3.63) is 48.0 Å². The van der Waals surface area contributed by atoms with Crippen molar-refractivity contribution in [1.82, 2.24) is 15.5 Å². The number of rotatable bonds is 3. The van der Waals surface area contributed by atoms with Crippen LogP contribution in [0.2, 0.25) is 0 Å². The fourth-order valence-electron chi connectivity index (χ4n) is 1.82. The maximum absolute atomic E-state index is 11.9. The molecule has 2 aromatic heterocycles. The van der Waals surface area contributed by atoms with Crippen molar-refractivity contribution < 1.29 is 9.21 Å². The van der Waals surface area contributed by atoms with Gasteiger partial charge in [-0.25, -0.2) is 0 Å². The standard InChI is InChI=1S/C13H12N4O2/c14-9-1-2-11-8(5-9)6-12(19-11)13(18)15-7-10-3-4-16-17-10/h1-6H,7,14H2,(H,15,18)(H,16,17). The number of fused-ring (bicyclic) bond motifs is 1. The molecule has 0 spiro atoms. The number of H-pyrrole nitrogens is 1. The van der Waals surface area contributed by atoms with Crippen LogP contribution in [0, 0.1) is 0 Å². The molecule has 6 nitrogen and oxygen atoms in total. The summed E-state index contributed by atoms with van der Waals surface area (Å²) in [6.07, 6.45) is 1.63. The molecule has 1 aromatic carbocycles. The van der Waals surface area contributed by atoms with E-state index < -0.39 is 0 Å². The minimum absolute atomic E-state index is 0.264. The maximum Gasteiger partial charge on any atom is 0.287 e. The van der Waals surface area contributed by atoms with Crippen LogP contribution in [-0.2, 0) is 6.54 Å². The SMILES string of the molecule is Nc1ccc2oc(C(=O)NCc3ccn[nH]3)cc2c1. The predicted octanol–water partition coefficient (Wildman–Crippen LogP) is 1.67. The summed E-state index contributed by atoms with van der Waals surface area (Å²) in [4.78, 5) is 11.9. The fraction of sp³-hybridized carbons (Fsp3) is 0.0769. The van der Waals surface area contributed by atoms with Gasteiger partial charge in [0.2, 0.25) is 0 Å². The molecule has 0 fully saturated rings. The van der Waals surface area contributed by atoms with Gasteiger partial charge < -0.3 is 15.5 Å². The Hall–Kier alpha value is -2.76. The Morgan fingerprint density at radius 1 is 1.37 bits per heavy atom. The molecule has 0 aliphatic carbocycles.